The van der Waals surface area contributed by atoms with E-state index in [1.807, 2.05) is 18.2 Å². The number of rotatable bonds is 48. The number of unbranched alkanes of at least 4 members (excludes halogenated alkanes) is 1. The van der Waals surface area contributed by atoms with E-state index in [-0.39, 0.29) is 110 Å². The minimum atomic E-state index is -1.56. The Morgan fingerprint density at radius 2 is 0.925 bits per heavy atom. The van der Waals surface area contributed by atoms with Crippen LogP contribution in [0.5, 0.6) is 0 Å². The number of benzene rings is 1. The molecule has 2 aliphatic rings. The zero-order valence-electron chi connectivity index (χ0n) is 61.2. The van der Waals surface area contributed by atoms with Gasteiger partial charge in [-0.05, 0) is 50.5 Å². The third-order valence-electron chi connectivity index (χ3n) is 14.7. The average Bonchev–Trinajstić information content (AvgIpc) is 0.790. The molecule has 12 atom stereocenters. The Hall–Kier alpha value is -9.58. The quantitative estimate of drug-likeness (QED) is 0.0101. The van der Waals surface area contributed by atoms with Crippen molar-refractivity contribution in [1.82, 2.24) is 58.4 Å². The molecule has 1 aromatic rings. The Kier molecular flexibility index (Phi) is 42.8. The summed E-state index contributed by atoms with van der Waals surface area (Å²) >= 11 is 0. The molecule has 594 valence electrons. The lowest BCUT2D eigenvalue weighted by molar-refractivity contribution is -0.292. The molecule has 0 aromatic heterocycles. The number of nitrogens with one attached hydrogen (secondary N) is 10. The summed E-state index contributed by atoms with van der Waals surface area (Å²) in [6.07, 6.45) is -11.6. The lowest BCUT2D eigenvalue weighted by atomic mass is 9.96. The molecule has 2 heterocycles. The largest absolute Gasteiger partial charge is 0.463 e. The Labute approximate surface area is 612 Å². The molecule has 0 radical (unpaired) electrons. The molecule has 8 amide bonds. The van der Waals surface area contributed by atoms with Gasteiger partial charge in [-0.15, -0.1) is 0 Å². The van der Waals surface area contributed by atoms with E-state index in [0.29, 0.717) is 6.42 Å². The minimum absolute atomic E-state index is 0.00130. The van der Waals surface area contributed by atoms with E-state index in [2.05, 4.69) is 53.5 Å². The van der Waals surface area contributed by atoms with Crippen molar-refractivity contribution in [3.63, 3.8) is 0 Å². The lowest BCUT2D eigenvalue weighted by Gasteiger charge is -2.44. The smallest absolute Gasteiger partial charge is 0.306 e. The maximum atomic E-state index is 14.5. The highest BCUT2D eigenvalue weighted by atomic mass is 16.8. The highest BCUT2D eigenvalue weighted by molar-refractivity contribution is 5.86. The van der Waals surface area contributed by atoms with E-state index in [1.54, 1.807) is 12.1 Å². The summed E-state index contributed by atoms with van der Waals surface area (Å²) in [6.45, 7) is 8.21. The van der Waals surface area contributed by atoms with Gasteiger partial charge in [-0.25, -0.2) is 4.84 Å². The lowest BCUT2D eigenvalue weighted by Crippen LogP contribution is -2.67. The summed E-state index contributed by atoms with van der Waals surface area (Å²) in [4.78, 5) is 214. The predicted molar refractivity (Wildman–Crippen MR) is 360 cm³/mol. The van der Waals surface area contributed by atoms with Crippen molar-refractivity contribution in [2.45, 2.75) is 207 Å². The third kappa shape index (κ3) is 38.4. The maximum Gasteiger partial charge on any atom is 0.306 e. The molecule has 40 nitrogen and oxygen atoms in total. The van der Waals surface area contributed by atoms with Crippen molar-refractivity contribution in [3.8, 4) is 0 Å². The van der Waals surface area contributed by atoms with Gasteiger partial charge in [0.15, 0.2) is 30.7 Å². The Morgan fingerprint density at radius 1 is 0.453 bits per heavy atom. The SMILES string of the molecule is CC(=O)NC(ONCCCNC(=O)CN(CC(=O)NCCCNOC1OC(COC(C)=O)C(OC(C)=O)C(OC(C)=O)C1NC(C)=O)C(CCCCNC(=O)CCCC(=O)OCc1ccccc1)C(=O)NCCCNC(=O)COC1OC(COC(C)=O)C(OC(C)=O)C(OC(C)=O)C1NC(C)=O)OC(C)=O. The van der Waals surface area contributed by atoms with Gasteiger partial charge in [0.2, 0.25) is 53.5 Å². The normalized spacial score (nSPS) is 20.0. The highest BCUT2D eigenvalue weighted by Gasteiger charge is 2.53. The molecule has 2 fully saturated rings. The molecule has 0 saturated carbocycles. The first-order valence-electron chi connectivity index (χ1n) is 34.2. The van der Waals surface area contributed by atoms with Crippen LogP contribution in [0.25, 0.3) is 0 Å². The molecule has 0 aliphatic carbocycles. The van der Waals surface area contributed by atoms with Gasteiger partial charge >= 0.3 is 54.2 Å². The summed E-state index contributed by atoms with van der Waals surface area (Å²) in [7, 11) is 0. The standard InChI is InChI=1S/C66H101N11O29/c1-38(78)74-57-61(100-45(8)85)59(98-43(6)83)50(35-94-41(4)81)103-64(57)97-37-55(91)70-26-17-29-71-63(93)49(22-14-15-25-67-52(88)23-16-24-56(92)96-34-48-20-12-11-13-21-48)77(33-54(90)69-28-19-31-73-106-66(76-40(3)80)102-47(10)87)32-53(89)68-27-18-30-72-105-65-58(75-39(2)79)62(101-46(9)86)60(99-44(7)84)51(104-65)36-95-42(5)82/h11-13,20-21,49-51,57-62,64-66,72-73H,14-19,22-37H2,1-10H3,(H,67,88)(H,68,89)(H,69,90)(H,70,91)(H,71,93)(H,74,78)(H,75,79)(H,76,80). The van der Waals surface area contributed by atoms with Crippen LogP contribution in [0.2, 0.25) is 0 Å². The van der Waals surface area contributed by atoms with Gasteiger partial charge in [0.25, 0.3) is 0 Å². The molecular formula is C66H101N11O29. The number of amides is 8. The van der Waals surface area contributed by atoms with E-state index < -0.39 is 196 Å². The van der Waals surface area contributed by atoms with Crippen LogP contribution in [0.4, 0.5) is 0 Å². The first-order chi connectivity index (χ1) is 50.3. The van der Waals surface area contributed by atoms with Crippen LogP contribution in [0.3, 0.4) is 0 Å². The topological polar surface area (TPSA) is 517 Å². The van der Waals surface area contributed by atoms with Crippen LogP contribution in [0, 0.1) is 0 Å². The Bertz CT molecular complexity index is 3060. The number of nitrogens with zero attached hydrogens (tertiary/aromatic N) is 1. The second kappa shape index (κ2) is 50.0. The second-order valence-corrected chi connectivity index (χ2v) is 24.1. The highest BCUT2D eigenvalue weighted by Crippen LogP contribution is 2.30. The number of hydrogen-bond acceptors (Lipinski definition) is 32. The summed E-state index contributed by atoms with van der Waals surface area (Å²) in [6, 6.07) is 5.16. The number of esters is 8. The fourth-order valence-electron chi connectivity index (χ4n) is 10.3. The zero-order chi connectivity index (χ0) is 78.7. The van der Waals surface area contributed by atoms with Crippen LogP contribution >= 0.6 is 0 Å². The Morgan fingerprint density at radius 3 is 1.43 bits per heavy atom. The number of ether oxygens (including phenoxy) is 11. The molecule has 2 saturated heterocycles. The molecule has 12 unspecified atom stereocenters. The second-order valence-electron chi connectivity index (χ2n) is 24.1. The maximum absolute atomic E-state index is 14.5. The molecule has 106 heavy (non-hydrogen) atoms. The first-order valence-corrected chi connectivity index (χ1v) is 34.2. The van der Waals surface area contributed by atoms with Crippen LogP contribution in [0.1, 0.15) is 133 Å². The summed E-state index contributed by atoms with van der Waals surface area (Å²) in [5.41, 5.74) is 6.00. The zero-order valence-corrected chi connectivity index (χ0v) is 61.2. The van der Waals surface area contributed by atoms with Crippen molar-refractivity contribution in [2.75, 3.05) is 78.7 Å². The molecule has 2 aliphatic heterocycles. The van der Waals surface area contributed by atoms with E-state index in [4.69, 9.17) is 61.8 Å². The Balaban J connectivity index is 1.83. The van der Waals surface area contributed by atoms with Gasteiger partial charge in [0, 0.05) is 128 Å². The average molecular weight is 1510 g/mol. The summed E-state index contributed by atoms with van der Waals surface area (Å²) in [5, 5.41) is 21.0. The minimum Gasteiger partial charge on any atom is -0.463 e. The van der Waals surface area contributed by atoms with Gasteiger partial charge < -0.3 is 89.3 Å². The van der Waals surface area contributed by atoms with Gasteiger partial charge in [-0.1, -0.05) is 30.3 Å². The number of carbonyl (C=O) groups is 16. The van der Waals surface area contributed by atoms with Crippen molar-refractivity contribution in [3.05, 3.63) is 35.9 Å². The van der Waals surface area contributed by atoms with Crippen molar-refractivity contribution in [1.29, 1.82) is 0 Å². The number of hydroxylamine groups is 2. The van der Waals surface area contributed by atoms with Crippen molar-refractivity contribution in [2.24, 2.45) is 0 Å². The molecule has 0 spiro atoms. The van der Waals surface area contributed by atoms with E-state index >= 15 is 0 Å². The monoisotopic (exact) mass is 1510 g/mol. The number of carbonyl (C=O) groups excluding carboxylic acids is 16. The van der Waals surface area contributed by atoms with Crippen LogP contribution in [-0.2, 0) is 145 Å². The third-order valence-corrected chi connectivity index (χ3v) is 14.7. The fraction of sp³-hybridized carbons (Fsp3) is 0.667. The van der Waals surface area contributed by atoms with E-state index in [0.717, 1.165) is 67.9 Å². The predicted octanol–water partition coefficient (Wildman–Crippen LogP) is -3.15. The molecule has 40 heteroatoms. The van der Waals surface area contributed by atoms with Gasteiger partial charge in [-0.2, -0.15) is 11.0 Å². The van der Waals surface area contributed by atoms with Gasteiger partial charge in [-0.3, -0.25) is 91.8 Å². The van der Waals surface area contributed by atoms with Crippen LogP contribution < -0.4 is 53.5 Å². The van der Waals surface area contributed by atoms with Crippen LogP contribution in [0.15, 0.2) is 30.3 Å². The first kappa shape index (κ1) is 90.6. The van der Waals surface area contributed by atoms with Gasteiger partial charge in [0.05, 0.1) is 19.1 Å². The fourth-order valence-corrected chi connectivity index (χ4v) is 10.3. The molecule has 1 aromatic carbocycles. The summed E-state index contributed by atoms with van der Waals surface area (Å²) < 4.78 is 60.0. The van der Waals surface area contributed by atoms with Gasteiger partial charge in [0.1, 0.15) is 50.7 Å². The van der Waals surface area contributed by atoms with E-state index in [1.165, 1.54) is 11.8 Å². The van der Waals surface area contributed by atoms with Crippen molar-refractivity contribution < 1.29 is 138 Å². The molecule has 0 bridgehead atoms. The van der Waals surface area contributed by atoms with Crippen LogP contribution in [-0.4, -0.2) is 252 Å². The van der Waals surface area contributed by atoms with Crippen molar-refractivity contribution >= 4 is 95.0 Å². The number of hydrogen-bond donors (Lipinski definition) is 10. The molecular weight excluding hydrogens is 1410 g/mol. The van der Waals surface area contributed by atoms with E-state index in [9.17, 15) is 76.7 Å². The molecule has 3 rings (SSSR count). The molecule has 10 N–H and O–H groups in total. The summed E-state index contributed by atoms with van der Waals surface area (Å²) in [5.74, 6) is -10.9.